The van der Waals surface area contributed by atoms with Gasteiger partial charge in [-0.2, -0.15) is 0 Å². The summed E-state index contributed by atoms with van der Waals surface area (Å²) < 4.78 is 30.0. The number of likely N-dealkylation sites (tertiary alicyclic amines) is 1. The molecule has 3 aromatic rings. The van der Waals surface area contributed by atoms with Crippen LogP contribution in [0.25, 0.3) is 11.2 Å². The number of halogens is 2. The number of fused-ring (bicyclic) bond motifs is 1. The SMILES string of the molecule is Cn1c(=O)n(C(=O)N2CCCC2)c2cnc(Cc3c(F)cccc3F)nc21. The number of imidazole rings is 1. The van der Waals surface area contributed by atoms with Crippen molar-refractivity contribution in [1.29, 1.82) is 0 Å². The molecule has 9 heteroatoms. The Hall–Kier alpha value is -3.10. The van der Waals surface area contributed by atoms with Gasteiger partial charge in [-0.25, -0.2) is 32.9 Å². The van der Waals surface area contributed by atoms with E-state index in [2.05, 4.69) is 9.97 Å². The lowest BCUT2D eigenvalue weighted by atomic mass is 10.1. The molecule has 1 aromatic carbocycles. The summed E-state index contributed by atoms with van der Waals surface area (Å²) in [5.41, 5.74) is -0.147. The quantitative estimate of drug-likeness (QED) is 0.689. The summed E-state index contributed by atoms with van der Waals surface area (Å²) in [4.78, 5) is 35.2. The van der Waals surface area contributed by atoms with Gasteiger partial charge in [-0.1, -0.05) is 6.07 Å². The lowest BCUT2D eigenvalue weighted by Gasteiger charge is -2.14. The van der Waals surface area contributed by atoms with E-state index in [1.165, 1.54) is 23.9 Å². The smallest absolute Gasteiger partial charge is 0.324 e. The van der Waals surface area contributed by atoms with Crippen LogP contribution in [0.4, 0.5) is 13.6 Å². The number of benzene rings is 1. The minimum absolute atomic E-state index is 0.144. The largest absolute Gasteiger partial charge is 0.338 e. The highest BCUT2D eigenvalue weighted by atomic mass is 19.1. The lowest BCUT2D eigenvalue weighted by Crippen LogP contribution is -2.38. The summed E-state index contributed by atoms with van der Waals surface area (Å²) in [6.07, 6.45) is 3.00. The van der Waals surface area contributed by atoms with Crippen LogP contribution in [0.3, 0.4) is 0 Å². The molecule has 0 atom stereocenters. The molecular weight excluding hydrogens is 356 g/mol. The van der Waals surface area contributed by atoms with E-state index in [9.17, 15) is 18.4 Å². The topological polar surface area (TPSA) is 73.0 Å². The van der Waals surface area contributed by atoms with Crippen molar-refractivity contribution >= 4 is 17.2 Å². The van der Waals surface area contributed by atoms with Gasteiger partial charge in [-0.15, -0.1) is 0 Å². The third-order valence-corrected chi connectivity index (χ3v) is 4.80. The molecule has 7 nitrogen and oxygen atoms in total. The van der Waals surface area contributed by atoms with Crippen molar-refractivity contribution < 1.29 is 13.6 Å². The van der Waals surface area contributed by atoms with Crippen LogP contribution >= 0.6 is 0 Å². The number of amides is 1. The first-order chi connectivity index (χ1) is 13.0. The van der Waals surface area contributed by atoms with Crippen molar-refractivity contribution in [3.63, 3.8) is 0 Å². The number of hydrogen-bond acceptors (Lipinski definition) is 4. The molecule has 1 aliphatic heterocycles. The number of hydrogen-bond donors (Lipinski definition) is 0. The molecule has 3 heterocycles. The molecule has 0 saturated carbocycles. The fourth-order valence-electron chi connectivity index (χ4n) is 3.33. The van der Waals surface area contributed by atoms with Crippen LogP contribution in [0.15, 0.2) is 29.2 Å². The Balaban J connectivity index is 1.76. The van der Waals surface area contributed by atoms with E-state index >= 15 is 0 Å². The van der Waals surface area contributed by atoms with E-state index in [0.717, 1.165) is 29.5 Å². The standard InChI is InChI=1S/C18H17F2N5O2/c1-23-16-14(25(17(23)26)18(27)24-7-2-3-8-24)10-21-15(22-16)9-11-12(19)5-4-6-13(11)20/h4-6,10H,2-3,7-9H2,1H3. The van der Waals surface area contributed by atoms with Crippen molar-refractivity contribution in [2.45, 2.75) is 19.3 Å². The first-order valence-electron chi connectivity index (χ1n) is 8.63. The zero-order valence-corrected chi connectivity index (χ0v) is 14.7. The molecule has 4 rings (SSSR count). The van der Waals surface area contributed by atoms with Gasteiger partial charge in [0.15, 0.2) is 5.65 Å². The second-order valence-corrected chi connectivity index (χ2v) is 6.53. The monoisotopic (exact) mass is 373 g/mol. The summed E-state index contributed by atoms with van der Waals surface area (Å²) in [6.45, 7) is 1.21. The lowest BCUT2D eigenvalue weighted by molar-refractivity contribution is 0.210. The van der Waals surface area contributed by atoms with Gasteiger partial charge in [0.05, 0.1) is 6.20 Å². The Kier molecular flexibility index (Phi) is 4.21. The highest BCUT2D eigenvalue weighted by Gasteiger charge is 2.25. The molecule has 140 valence electrons. The zero-order chi connectivity index (χ0) is 19.1. The second kappa shape index (κ2) is 6.57. The molecule has 1 saturated heterocycles. The van der Waals surface area contributed by atoms with E-state index in [0.29, 0.717) is 13.1 Å². The van der Waals surface area contributed by atoms with E-state index in [4.69, 9.17) is 0 Å². The molecule has 0 aliphatic carbocycles. The number of rotatable bonds is 2. The molecule has 0 radical (unpaired) electrons. The maximum absolute atomic E-state index is 13.9. The highest BCUT2D eigenvalue weighted by Crippen LogP contribution is 2.18. The molecule has 0 N–H and O–H groups in total. The van der Waals surface area contributed by atoms with Gasteiger partial charge in [0.25, 0.3) is 0 Å². The zero-order valence-electron chi connectivity index (χ0n) is 14.7. The average Bonchev–Trinajstić information content (AvgIpc) is 3.27. The molecule has 27 heavy (non-hydrogen) atoms. The van der Waals surface area contributed by atoms with Crippen molar-refractivity contribution in [3.05, 3.63) is 57.9 Å². The highest BCUT2D eigenvalue weighted by molar-refractivity contribution is 5.87. The van der Waals surface area contributed by atoms with Gasteiger partial charge < -0.3 is 4.90 Å². The fraction of sp³-hybridized carbons (Fsp3) is 0.333. The molecule has 1 amide bonds. The Morgan fingerprint density at radius 3 is 2.52 bits per heavy atom. The van der Waals surface area contributed by atoms with Crippen molar-refractivity contribution in [1.82, 2.24) is 24.0 Å². The number of carbonyl (C=O) groups is 1. The Morgan fingerprint density at radius 1 is 1.19 bits per heavy atom. The predicted octanol–water partition coefficient (Wildman–Crippen LogP) is 2.06. The minimum atomic E-state index is -0.686. The van der Waals surface area contributed by atoms with Crippen LogP contribution in [0, 0.1) is 11.6 Å². The summed E-state index contributed by atoms with van der Waals surface area (Å²) in [5.74, 6) is -1.21. The minimum Gasteiger partial charge on any atom is -0.324 e. The average molecular weight is 373 g/mol. The van der Waals surface area contributed by atoms with Gasteiger partial charge in [0.1, 0.15) is 23.0 Å². The maximum Gasteiger partial charge on any atom is 0.338 e. The second-order valence-electron chi connectivity index (χ2n) is 6.53. The molecular formula is C18H17F2N5O2. The number of carbonyl (C=O) groups excluding carboxylic acids is 1. The van der Waals surface area contributed by atoms with Gasteiger partial charge in [0, 0.05) is 32.1 Å². The summed E-state index contributed by atoms with van der Waals surface area (Å²) in [6, 6.07) is 3.21. The van der Waals surface area contributed by atoms with Gasteiger partial charge in [0.2, 0.25) is 0 Å². The van der Waals surface area contributed by atoms with Gasteiger partial charge in [-0.05, 0) is 25.0 Å². The first kappa shape index (κ1) is 17.3. The van der Waals surface area contributed by atoms with Crippen LogP contribution in [-0.4, -0.2) is 43.1 Å². The number of aromatic nitrogens is 4. The Morgan fingerprint density at radius 2 is 1.85 bits per heavy atom. The van der Waals surface area contributed by atoms with E-state index < -0.39 is 23.4 Å². The molecule has 2 aromatic heterocycles. The van der Waals surface area contributed by atoms with Crippen LogP contribution in [0.1, 0.15) is 24.2 Å². The van der Waals surface area contributed by atoms with Crippen molar-refractivity contribution in [2.24, 2.45) is 7.05 Å². The van der Waals surface area contributed by atoms with Crippen LogP contribution < -0.4 is 5.69 Å². The summed E-state index contributed by atoms with van der Waals surface area (Å²) in [5, 5.41) is 0. The Labute approximate surface area is 152 Å². The molecule has 1 aliphatic rings. The van der Waals surface area contributed by atoms with Crippen molar-refractivity contribution in [2.75, 3.05) is 13.1 Å². The first-order valence-corrected chi connectivity index (χ1v) is 8.63. The van der Waals surface area contributed by atoms with Gasteiger partial charge >= 0.3 is 11.7 Å². The third kappa shape index (κ3) is 2.88. The van der Waals surface area contributed by atoms with Crippen LogP contribution in [0.5, 0.6) is 0 Å². The third-order valence-electron chi connectivity index (χ3n) is 4.80. The Bertz CT molecular complexity index is 1080. The number of aryl methyl sites for hydroxylation is 1. The predicted molar refractivity (Wildman–Crippen MR) is 93.5 cm³/mol. The summed E-state index contributed by atoms with van der Waals surface area (Å²) >= 11 is 0. The van der Waals surface area contributed by atoms with Crippen molar-refractivity contribution in [3.8, 4) is 0 Å². The van der Waals surface area contributed by atoms with E-state index in [1.54, 1.807) is 4.90 Å². The maximum atomic E-state index is 13.9. The molecule has 0 bridgehead atoms. The molecule has 0 unspecified atom stereocenters. The van der Waals surface area contributed by atoms with Crippen LogP contribution in [-0.2, 0) is 13.5 Å². The normalized spacial score (nSPS) is 14.3. The van der Waals surface area contributed by atoms with E-state index in [1.807, 2.05) is 0 Å². The molecule has 0 spiro atoms. The van der Waals surface area contributed by atoms with Gasteiger partial charge in [-0.3, -0.25) is 4.57 Å². The summed E-state index contributed by atoms with van der Waals surface area (Å²) in [7, 11) is 1.50. The molecule has 1 fully saturated rings. The van der Waals surface area contributed by atoms with Crippen LogP contribution in [0.2, 0.25) is 0 Å². The van der Waals surface area contributed by atoms with E-state index in [-0.39, 0.29) is 29.0 Å². The number of nitrogens with zero attached hydrogens (tertiary/aromatic N) is 5. The fourth-order valence-corrected chi connectivity index (χ4v) is 3.33.